The van der Waals surface area contributed by atoms with Gasteiger partial charge in [0.15, 0.2) is 11.6 Å². The van der Waals surface area contributed by atoms with Crippen LogP contribution in [0.25, 0.3) is 0 Å². The lowest BCUT2D eigenvalue weighted by atomic mass is 10.00. The van der Waals surface area contributed by atoms with E-state index in [4.69, 9.17) is 0 Å². The highest BCUT2D eigenvalue weighted by Gasteiger charge is 2.32. The molecule has 0 radical (unpaired) electrons. The molecule has 1 saturated heterocycles. The molecule has 0 amide bonds. The van der Waals surface area contributed by atoms with E-state index < -0.39 is 32.4 Å². The van der Waals surface area contributed by atoms with Crippen LogP contribution in [-0.4, -0.2) is 39.4 Å². The molecular formula is C13H18ClF3N2O2S. The van der Waals surface area contributed by atoms with E-state index in [-0.39, 0.29) is 37.5 Å². The van der Waals surface area contributed by atoms with Crippen LogP contribution in [0.3, 0.4) is 0 Å². The number of hydrogen-bond donors (Lipinski definition) is 1. The number of sulfonamides is 1. The Balaban J connectivity index is 0.00000242. The summed E-state index contributed by atoms with van der Waals surface area (Å²) >= 11 is 0. The highest BCUT2D eigenvalue weighted by Crippen LogP contribution is 2.26. The normalized spacial score (nSPS) is 19.7. The fraction of sp³-hybridized carbons (Fsp3) is 0.538. The molecule has 4 nitrogen and oxygen atoms in total. The Hall–Kier alpha value is -0.830. The summed E-state index contributed by atoms with van der Waals surface area (Å²) in [5.74, 6) is -3.94. The Kier molecular flexibility index (Phi) is 6.66. The summed E-state index contributed by atoms with van der Waals surface area (Å²) in [4.78, 5) is -0.813. The van der Waals surface area contributed by atoms with E-state index in [2.05, 4.69) is 5.32 Å². The number of halogens is 4. The molecule has 0 aliphatic carbocycles. The molecule has 0 bridgehead atoms. The van der Waals surface area contributed by atoms with Gasteiger partial charge in [0.2, 0.25) is 10.0 Å². The molecule has 1 aliphatic rings. The minimum atomic E-state index is -4.16. The van der Waals surface area contributed by atoms with Gasteiger partial charge in [0, 0.05) is 19.2 Å². The summed E-state index contributed by atoms with van der Waals surface area (Å²) in [6, 6.07) is 0.666. The maximum Gasteiger partial charge on any atom is 0.246 e. The standard InChI is InChI=1S/C13H17F3N2O2S.ClH/c1-17-7-9-3-2-4-18(8-9)21(19,20)13-6-11(15)10(14)5-12(13)16;/h5-6,9,17H,2-4,7-8H2,1H3;1H. The van der Waals surface area contributed by atoms with Gasteiger partial charge in [-0.25, -0.2) is 21.6 Å². The first kappa shape index (κ1) is 19.2. The van der Waals surface area contributed by atoms with Crippen molar-refractivity contribution in [3.05, 3.63) is 29.6 Å². The number of hydrogen-bond acceptors (Lipinski definition) is 3. The predicted molar refractivity (Wildman–Crippen MR) is 79.0 cm³/mol. The lowest BCUT2D eigenvalue weighted by Crippen LogP contribution is -2.42. The zero-order valence-corrected chi connectivity index (χ0v) is 13.6. The third-order valence-electron chi connectivity index (χ3n) is 3.57. The van der Waals surface area contributed by atoms with Gasteiger partial charge in [-0.1, -0.05) is 0 Å². The SMILES string of the molecule is CNCC1CCCN(S(=O)(=O)c2cc(F)c(F)cc2F)C1.Cl. The first-order valence-corrected chi connectivity index (χ1v) is 8.09. The summed E-state index contributed by atoms with van der Waals surface area (Å²) in [6.45, 7) is 1.13. The fourth-order valence-electron chi connectivity index (χ4n) is 2.54. The predicted octanol–water partition coefficient (Wildman–Crippen LogP) is 2.15. The van der Waals surface area contributed by atoms with Crippen molar-refractivity contribution in [2.75, 3.05) is 26.7 Å². The van der Waals surface area contributed by atoms with E-state index in [1.807, 2.05) is 0 Å². The molecule has 22 heavy (non-hydrogen) atoms. The van der Waals surface area contributed by atoms with Crippen LogP contribution in [0.4, 0.5) is 13.2 Å². The number of nitrogens with zero attached hydrogens (tertiary/aromatic N) is 1. The van der Waals surface area contributed by atoms with Gasteiger partial charge < -0.3 is 5.32 Å². The largest absolute Gasteiger partial charge is 0.319 e. The second kappa shape index (κ2) is 7.63. The van der Waals surface area contributed by atoms with Crippen molar-refractivity contribution >= 4 is 22.4 Å². The number of rotatable bonds is 4. The first-order chi connectivity index (χ1) is 9.86. The monoisotopic (exact) mass is 358 g/mol. The quantitative estimate of drug-likeness (QED) is 0.839. The summed E-state index contributed by atoms with van der Waals surface area (Å²) < 4.78 is 65.8. The van der Waals surface area contributed by atoms with Gasteiger partial charge in [0.05, 0.1) is 0 Å². The maximum atomic E-state index is 13.7. The highest BCUT2D eigenvalue weighted by atomic mass is 35.5. The van der Waals surface area contributed by atoms with Crippen LogP contribution >= 0.6 is 12.4 Å². The Morgan fingerprint density at radius 1 is 1.23 bits per heavy atom. The Morgan fingerprint density at radius 2 is 1.86 bits per heavy atom. The molecular weight excluding hydrogens is 341 g/mol. The van der Waals surface area contributed by atoms with E-state index in [0.717, 1.165) is 10.7 Å². The first-order valence-electron chi connectivity index (χ1n) is 6.65. The molecule has 0 saturated carbocycles. The van der Waals surface area contributed by atoms with Crippen molar-refractivity contribution in [1.29, 1.82) is 0 Å². The minimum absolute atomic E-state index is 0. The van der Waals surface area contributed by atoms with E-state index in [1.165, 1.54) is 0 Å². The van der Waals surface area contributed by atoms with E-state index in [1.54, 1.807) is 7.05 Å². The summed E-state index contributed by atoms with van der Waals surface area (Å²) in [7, 11) is -2.39. The molecule has 1 aromatic carbocycles. The molecule has 1 unspecified atom stereocenters. The van der Waals surface area contributed by atoms with Crippen LogP contribution in [0.1, 0.15) is 12.8 Å². The topological polar surface area (TPSA) is 49.4 Å². The summed E-state index contributed by atoms with van der Waals surface area (Å²) in [6.07, 6.45) is 1.52. The van der Waals surface area contributed by atoms with Crippen molar-refractivity contribution < 1.29 is 21.6 Å². The molecule has 2 rings (SSSR count). The second-order valence-electron chi connectivity index (χ2n) is 5.13. The average molecular weight is 359 g/mol. The molecule has 1 aromatic rings. The maximum absolute atomic E-state index is 13.7. The third kappa shape index (κ3) is 3.92. The van der Waals surface area contributed by atoms with E-state index in [9.17, 15) is 21.6 Å². The van der Waals surface area contributed by atoms with Crippen LogP contribution in [0, 0.1) is 23.4 Å². The van der Waals surface area contributed by atoms with Crippen LogP contribution in [0.5, 0.6) is 0 Å². The molecule has 126 valence electrons. The van der Waals surface area contributed by atoms with Crippen molar-refractivity contribution in [2.24, 2.45) is 5.92 Å². The molecule has 1 fully saturated rings. The third-order valence-corrected chi connectivity index (χ3v) is 5.45. The summed E-state index contributed by atoms with van der Waals surface area (Å²) in [5.41, 5.74) is 0. The zero-order valence-electron chi connectivity index (χ0n) is 12.0. The molecule has 0 spiro atoms. The fourth-order valence-corrected chi connectivity index (χ4v) is 4.15. The van der Waals surface area contributed by atoms with Crippen LogP contribution < -0.4 is 5.32 Å². The molecule has 1 atom stereocenters. The van der Waals surface area contributed by atoms with Crippen molar-refractivity contribution in [3.8, 4) is 0 Å². The average Bonchev–Trinajstić information content (AvgIpc) is 2.43. The molecule has 0 aromatic heterocycles. The van der Waals surface area contributed by atoms with Gasteiger partial charge in [-0.15, -0.1) is 12.4 Å². The Bertz CT molecular complexity index is 626. The van der Waals surface area contributed by atoms with Gasteiger partial charge in [0.25, 0.3) is 0 Å². The van der Waals surface area contributed by atoms with Crippen molar-refractivity contribution in [1.82, 2.24) is 9.62 Å². The Labute approximate surface area is 134 Å². The highest BCUT2D eigenvalue weighted by molar-refractivity contribution is 7.89. The van der Waals surface area contributed by atoms with Crippen LogP contribution in [0.15, 0.2) is 17.0 Å². The number of nitrogens with one attached hydrogen (secondary N) is 1. The van der Waals surface area contributed by atoms with Gasteiger partial charge in [-0.05, 0) is 38.4 Å². The molecule has 1 aliphatic heterocycles. The van der Waals surface area contributed by atoms with E-state index in [0.29, 0.717) is 19.0 Å². The van der Waals surface area contributed by atoms with Crippen LogP contribution in [0.2, 0.25) is 0 Å². The van der Waals surface area contributed by atoms with Gasteiger partial charge in [-0.2, -0.15) is 4.31 Å². The number of benzene rings is 1. The van der Waals surface area contributed by atoms with Gasteiger partial charge >= 0.3 is 0 Å². The second-order valence-corrected chi connectivity index (χ2v) is 7.03. The summed E-state index contributed by atoms with van der Waals surface area (Å²) in [5, 5.41) is 2.97. The van der Waals surface area contributed by atoms with Gasteiger partial charge in [0.1, 0.15) is 10.7 Å². The molecule has 1 heterocycles. The smallest absolute Gasteiger partial charge is 0.246 e. The molecule has 9 heteroatoms. The van der Waals surface area contributed by atoms with E-state index >= 15 is 0 Å². The van der Waals surface area contributed by atoms with Crippen molar-refractivity contribution in [3.63, 3.8) is 0 Å². The van der Waals surface area contributed by atoms with Gasteiger partial charge in [-0.3, -0.25) is 0 Å². The minimum Gasteiger partial charge on any atom is -0.319 e. The zero-order chi connectivity index (χ0) is 15.6. The Morgan fingerprint density at radius 3 is 2.50 bits per heavy atom. The number of piperidine rings is 1. The lowest BCUT2D eigenvalue weighted by Gasteiger charge is -2.31. The lowest BCUT2D eigenvalue weighted by molar-refractivity contribution is 0.262. The molecule has 1 N–H and O–H groups in total. The van der Waals surface area contributed by atoms with Crippen LogP contribution in [-0.2, 0) is 10.0 Å². The van der Waals surface area contributed by atoms with Crippen molar-refractivity contribution in [2.45, 2.75) is 17.7 Å².